The molecule has 0 bridgehead atoms. The van der Waals surface area contributed by atoms with E-state index in [4.69, 9.17) is 11.0 Å². The Balaban J connectivity index is 2.14. The van der Waals surface area contributed by atoms with Gasteiger partial charge in [0.1, 0.15) is 0 Å². The van der Waals surface area contributed by atoms with Gasteiger partial charge in [0, 0.05) is 18.4 Å². The van der Waals surface area contributed by atoms with Crippen molar-refractivity contribution in [3.05, 3.63) is 59.4 Å². The van der Waals surface area contributed by atoms with Crippen LogP contribution in [0.15, 0.2) is 42.6 Å². The molecule has 17 heavy (non-hydrogen) atoms. The lowest BCUT2D eigenvalue weighted by Crippen LogP contribution is -2.09. The molecule has 86 valence electrons. The minimum Gasteiger partial charge on any atom is -0.347 e. The molecule has 0 spiro atoms. The zero-order valence-electron chi connectivity index (χ0n) is 9.63. The molecule has 0 saturated heterocycles. The smallest absolute Gasteiger partial charge is 0.0991 e. The fourth-order valence-electron chi connectivity index (χ4n) is 1.86. The summed E-state index contributed by atoms with van der Waals surface area (Å²) in [6.07, 6.45) is 2.95. The molecular weight excluding hydrogens is 210 g/mol. The van der Waals surface area contributed by atoms with Crippen LogP contribution in [0.1, 0.15) is 16.8 Å². The summed E-state index contributed by atoms with van der Waals surface area (Å²) >= 11 is 0. The van der Waals surface area contributed by atoms with Crippen molar-refractivity contribution in [2.24, 2.45) is 5.73 Å². The number of aromatic nitrogens is 1. The zero-order valence-corrected chi connectivity index (χ0v) is 9.63. The van der Waals surface area contributed by atoms with Gasteiger partial charge in [-0.15, -0.1) is 0 Å². The first-order valence-electron chi connectivity index (χ1n) is 5.66. The van der Waals surface area contributed by atoms with Crippen molar-refractivity contribution in [3.8, 4) is 6.07 Å². The van der Waals surface area contributed by atoms with Crippen molar-refractivity contribution in [1.82, 2.24) is 4.57 Å². The Hall–Kier alpha value is -2.05. The second-order valence-electron chi connectivity index (χ2n) is 3.97. The molecule has 0 radical (unpaired) electrons. The van der Waals surface area contributed by atoms with Crippen LogP contribution in [-0.2, 0) is 13.0 Å². The van der Waals surface area contributed by atoms with Gasteiger partial charge < -0.3 is 10.3 Å². The van der Waals surface area contributed by atoms with E-state index in [0.717, 1.165) is 13.0 Å². The summed E-state index contributed by atoms with van der Waals surface area (Å²) in [4.78, 5) is 0. The first kappa shape index (κ1) is 11.4. The van der Waals surface area contributed by atoms with Crippen LogP contribution in [0, 0.1) is 11.3 Å². The van der Waals surface area contributed by atoms with Gasteiger partial charge in [-0.2, -0.15) is 5.26 Å². The summed E-state index contributed by atoms with van der Waals surface area (Å²) in [5.74, 6) is 0. The minimum atomic E-state index is 0.664. The lowest BCUT2D eigenvalue weighted by Gasteiger charge is -2.08. The summed E-state index contributed by atoms with van der Waals surface area (Å²) in [5, 5.41) is 8.73. The van der Waals surface area contributed by atoms with Crippen LogP contribution in [-0.4, -0.2) is 11.1 Å². The molecule has 2 rings (SSSR count). The molecule has 0 saturated carbocycles. The molecule has 0 fully saturated rings. The Morgan fingerprint density at radius 2 is 1.94 bits per heavy atom. The molecule has 0 aliphatic carbocycles. The standard InChI is InChI=1S/C14H15N3/c15-8-7-14-2-1-9-17(14)11-13-5-3-12(10-16)4-6-13/h1-6,9H,7-8,11,15H2. The molecule has 0 amide bonds. The number of rotatable bonds is 4. The van der Waals surface area contributed by atoms with Crippen molar-refractivity contribution in [1.29, 1.82) is 5.26 Å². The Morgan fingerprint density at radius 3 is 2.59 bits per heavy atom. The van der Waals surface area contributed by atoms with Crippen molar-refractivity contribution in [3.63, 3.8) is 0 Å². The first-order valence-corrected chi connectivity index (χ1v) is 5.66. The highest BCUT2D eigenvalue weighted by molar-refractivity contribution is 5.31. The fraction of sp³-hybridized carbons (Fsp3) is 0.214. The highest BCUT2D eigenvalue weighted by Crippen LogP contribution is 2.09. The zero-order chi connectivity index (χ0) is 12.1. The number of hydrogen-bond acceptors (Lipinski definition) is 2. The van der Waals surface area contributed by atoms with E-state index in [1.807, 2.05) is 30.3 Å². The third-order valence-corrected chi connectivity index (χ3v) is 2.76. The quantitative estimate of drug-likeness (QED) is 0.864. The summed E-state index contributed by atoms with van der Waals surface area (Å²) in [6.45, 7) is 1.49. The van der Waals surface area contributed by atoms with Crippen LogP contribution >= 0.6 is 0 Å². The molecular formula is C14H15N3. The molecule has 0 atom stereocenters. The average Bonchev–Trinajstić information content (AvgIpc) is 2.78. The van der Waals surface area contributed by atoms with Crippen molar-refractivity contribution in [2.75, 3.05) is 6.54 Å². The Morgan fingerprint density at radius 1 is 1.18 bits per heavy atom. The molecule has 0 unspecified atom stereocenters. The Kier molecular flexibility index (Phi) is 3.59. The third kappa shape index (κ3) is 2.74. The number of nitrogens with two attached hydrogens (primary N) is 1. The molecule has 3 nitrogen and oxygen atoms in total. The topological polar surface area (TPSA) is 54.7 Å². The third-order valence-electron chi connectivity index (χ3n) is 2.76. The van der Waals surface area contributed by atoms with Gasteiger partial charge in [0.15, 0.2) is 0 Å². The predicted octanol–water partition coefficient (Wildman–Crippen LogP) is 1.91. The van der Waals surface area contributed by atoms with Gasteiger partial charge in [-0.25, -0.2) is 0 Å². The second kappa shape index (κ2) is 5.33. The van der Waals surface area contributed by atoms with Gasteiger partial charge in [0.05, 0.1) is 11.6 Å². The van der Waals surface area contributed by atoms with Gasteiger partial charge in [0.2, 0.25) is 0 Å². The van der Waals surface area contributed by atoms with E-state index >= 15 is 0 Å². The monoisotopic (exact) mass is 225 g/mol. The molecule has 1 heterocycles. The average molecular weight is 225 g/mol. The van der Waals surface area contributed by atoms with Crippen LogP contribution in [0.3, 0.4) is 0 Å². The minimum absolute atomic E-state index is 0.664. The molecule has 3 heteroatoms. The normalized spacial score (nSPS) is 10.1. The Bertz CT molecular complexity index is 517. The van der Waals surface area contributed by atoms with Crippen molar-refractivity contribution >= 4 is 0 Å². The lowest BCUT2D eigenvalue weighted by atomic mass is 10.1. The van der Waals surface area contributed by atoms with E-state index in [2.05, 4.69) is 22.9 Å². The maximum atomic E-state index is 8.73. The van der Waals surface area contributed by atoms with Crippen LogP contribution in [0.2, 0.25) is 0 Å². The lowest BCUT2D eigenvalue weighted by molar-refractivity contribution is 0.736. The van der Waals surface area contributed by atoms with Gasteiger partial charge in [-0.05, 0) is 42.8 Å². The van der Waals surface area contributed by atoms with Crippen LogP contribution in [0.25, 0.3) is 0 Å². The summed E-state index contributed by atoms with van der Waals surface area (Å²) in [7, 11) is 0. The largest absolute Gasteiger partial charge is 0.347 e. The summed E-state index contributed by atoms with van der Waals surface area (Å²) in [6, 6.07) is 13.9. The molecule has 1 aromatic carbocycles. The van der Waals surface area contributed by atoms with Gasteiger partial charge in [-0.1, -0.05) is 12.1 Å². The SMILES string of the molecule is N#Cc1ccc(Cn2cccc2CCN)cc1. The summed E-state index contributed by atoms with van der Waals surface area (Å²) in [5.41, 5.74) is 8.71. The number of nitriles is 1. The van der Waals surface area contributed by atoms with E-state index in [1.165, 1.54) is 11.3 Å². The van der Waals surface area contributed by atoms with Crippen LogP contribution < -0.4 is 5.73 Å². The highest BCUT2D eigenvalue weighted by atomic mass is 15.0. The maximum Gasteiger partial charge on any atom is 0.0991 e. The number of nitrogens with zero attached hydrogens (tertiary/aromatic N) is 2. The molecule has 2 aromatic rings. The van der Waals surface area contributed by atoms with Crippen molar-refractivity contribution in [2.45, 2.75) is 13.0 Å². The van der Waals surface area contributed by atoms with E-state index < -0.39 is 0 Å². The molecule has 0 aliphatic rings. The van der Waals surface area contributed by atoms with E-state index in [0.29, 0.717) is 12.1 Å². The van der Waals surface area contributed by atoms with E-state index in [9.17, 15) is 0 Å². The first-order chi connectivity index (χ1) is 8.33. The molecule has 0 aliphatic heterocycles. The van der Waals surface area contributed by atoms with Crippen LogP contribution in [0.4, 0.5) is 0 Å². The van der Waals surface area contributed by atoms with Gasteiger partial charge >= 0.3 is 0 Å². The Labute approximate surface area is 101 Å². The number of hydrogen-bond donors (Lipinski definition) is 1. The molecule has 2 N–H and O–H groups in total. The van der Waals surface area contributed by atoms with Crippen molar-refractivity contribution < 1.29 is 0 Å². The van der Waals surface area contributed by atoms with E-state index in [1.54, 1.807) is 0 Å². The fourth-order valence-corrected chi connectivity index (χ4v) is 1.86. The van der Waals surface area contributed by atoms with Gasteiger partial charge in [-0.3, -0.25) is 0 Å². The predicted molar refractivity (Wildman–Crippen MR) is 67.4 cm³/mol. The number of benzene rings is 1. The second-order valence-corrected chi connectivity index (χ2v) is 3.97. The van der Waals surface area contributed by atoms with E-state index in [-0.39, 0.29) is 0 Å². The maximum absolute atomic E-state index is 8.73. The summed E-state index contributed by atoms with van der Waals surface area (Å²) < 4.78 is 2.19. The highest BCUT2D eigenvalue weighted by Gasteiger charge is 2.01. The van der Waals surface area contributed by atoms with Crippen LogP contribution in [0.5, 0.6) is 0 Å². The molecule has 1 aromatic heterocycles. The van der Waals surface area contributed by atoms with Gasteiger partial charge in [0.25, 0.3) is 0 Å².